The molecular formula is C22H21N3O5. The number of oxazole rings is 1. The molecule has 0 radical (unpaired) electrons. The van der Waals surface area contributed by atoms with E-state index < -0.39 is 5.92 Å². The van der Waals surface area contributed by atoms with Crippen molar-refractivity contribution in [2.75, 3.05) is 31.0 Å². The summed E-state index contributed by atoms with van der Waals surface area (Å²) in [5.41, 5.74) is 2.10. The van der Waals surface area contributed by atoms with Crippen molar-refractivity contribution in [3.05, 3.63) is 55.1 Å². The zero-order valence-corrected chi connectivity index (χ0v) is 16.6. The van der Waals surface area contributed by atoms with Crippen LogP contribution in [-0.4, -0.2) is 37.6 Å². The average Bonchev–Trinajstić information content (AvgIpc) is 3.43. The maximum absolute atomic E-state index is 12.8. The average molecular weight is 407 g/mol. The maximum Gasteiger partial charge on any atom is 0.229 e. The summed E-state index contributed by atoms with van der Waals surface area (Å²) in [7, 11) is 3.09. The molecule has 4 rings (SSSR count). The standard InChI is InChI=1S/C22H21N3O5/c1-28-18-7-6-17(10-19(18)29-2)25-12-15(9-21(25)26)22(27)24-16-5-3-4-14(8-16)20-11-23-13-30-20/h3-8,10-11,13,15H,9,12H2,1-2H3,(H,24,27)/t15-/m1/s1. The summed E-state index contributed by atoms with van der Waals surface area (Å²) in [5.74, 6) is 0.939. The van der Waals surface area contributed by atoms with Crippen molar-refractivity contribution < 1.29 is 23.5 Å². The first-order chi connectivity index (χ1) is 14.6. The Kier molecular flexibility index (Phi) is 5.38. The van der Waals surface area contributed by atoms with E-state index in [0.29, 0.717) is 35.2 Å². The van der Waals surface area contributed by atoms with E-state index in [-0.39, 0.29) is 18.2 Å². The predicted molar refractivity (Wildman–Crippen MR) is 111 cm³/mol. The van der Waals surface area contributed by atoms with E-state index in [2.05, 4.69) is 10.3 Å². The lowest BCUT2D eigenvalue weighted by Gasteiger charge is -2.18. The fraction of sp³-hybridized carbons (Fsp3) is 0.227. The largest absolute Gasteiger partial charge is 0.493 e. The molecule has 8 nitrogen and oxygen atoms in total. The Labute approximate surface area is 173 Å². The molecule has 0 saturated carbocycles. The molecule has 0 spiro atoms. The number of anilines is 2. The number of nitrogens with zero attached hydrogens (tertiary/aromatic N) is 2. The highest BCUT2D eigenvalue weighted by atomic mass is 16.5. The van der Waals surface area contributed by atoms with Crippen LogP contribution in [0.4, 0.5) is 11.4 Å². The molecular weight excluding hydrogens is 386 g/mol. The molecule has 0 bridgehead atoms. The summed E-state index contributed by atoms with van der Waals surface area (Å²) < 4.78 is 15.8. The Morgan fingerprint density at radius 1 is 1.17 bits per heavy atom. The molecule has 1 atom stereocenters. The van der Waals surface area contributed by atoms with Crippen LogP contribution in [0.3, 0.4) is 0 Å². The number of aromatic nitrogens is 1. The molecule has 1 aliphatic rings. The molecule has 30 heavy (non-hydrogen) atoms. The monoisotopic (exact) mass is 407 g/mol. The number of benzene rings is 2. The number of hydrogen-bond donors (Lipinski definition) is 1. The van der Waals surface area contributed by atoms with Crippen LogP contribution in [0.15, 0.2) is 59.5 Å². The second-order valence-corrected chi connectivity index (χ2v) is 6.88. The van der Waals surface area contributed by atoms with E-state index in [1.54, 1.807) is 48.5 Å². The van der Waals surface area contributed by atoms with Gasteiger partial charge in [0.05, 0.1) is 26.3 Å². The van der Waals surface area contributed by atoms with Crippen LogP contribution in [0.25, 0.3) is 11.3 Å². The van der Waals surface area contributed by atoms with E-state index >= 15 is 0 Å². The van der Waals surface area contributed by atoms with Gasteiger partial charge in [-0.3, -0.25) is 9.59 Å². The third kappa shape index (κ3) is 3.84. The lowest BCUT2D eigenvalue weighted by Crippen LogP contribution is -2.28. The smallest absolute Gasteiger partial charge is 0.229 e. The minimum absolute atomic E-state index is 0.113. The second-order valence-electron chi connectivity index (χ2n) is 6.88. The number of hydrogen-bond acceptors (Lipinski definition) is 6. The van der Waals surface area contributed by atoms with Gasteiger partial charge in [0.15, 0.2) is 23.7 Å². The fourth-order valence-corrected chi connectivity index (χ4v) is 3.48. The first-order valence-electron chi connectivity index (χ1n) is 9.41. The molecule has 2 amide bonds. The van der Waals surface area contributed by atoms with Gasteiger partial charge >= 0.3 is 0 Å². The molecule has 1 N–H and O–H groups in total. The quantitative estimate of drug-likeness (QED) is 0.674. The Morgan fingerprint density at radius 3 is 2.73 bits per heavy atom. The number of nitrogens with one attached hydrogen (secondary N) is 1. The van der Waals surface area contributed by atoms with Crippen LogP contribution < -0.4 is 19.7 Å². The number of amides is 2. The number of carbonyl (C=O) groups is 2. The summed E-state index contributed by atoms with van der Waals surface area (Å²) in [6.07, 6.45) is 3.10. The normalized spacial score (nSPS) is 15.9. The number of rotatable bonds is 6. The first-order valence-corrected chi connectivity index (χ1v) is 9.41. The van der Waals surface area contributed by atoms with Gasteiger partial charge in [0, 0.05) is 36.0 Å². The highest BCUT2D eigenvalue weighted by molar-refractivity contribution is 6.03. The van der Waals surface area contributed by atoms with Crippen molar-refractivity contribution in [3.63, 3.8) is 0 Å². The summed E-state index contributed by atoms with van der Waals surface area (Å²) in [4.78, 5) is 30.8. The van der Waals surface area contributed by atoms with E-state index in [4.69, 9.17) is 13.9 Å². The minimum Gasteiger partial charge on any atom is -0.493 e. The third-order valence-corrected chi connectivity index (χ3v) is 5.02. The topological polar surface area (TPSA) is 93.9 Å². The molecule has 8 heteroatoms. The van der Waals surface area contributed by atoms with Crippen LogP contribution in [0.2, 0.25) is 0 Å². The predicted octanol–water partition coefficient (Wildman–Crippen LogP) is 3.35. The van der Waals surface area contributed by atoms with Gasteiger partial charge in [0.25, 0.3) is 0 Å². The molecule has 1 fully saturated rings. The summed E-state index contributed by atoms with van der Waals surface area (Å²) >= 11 is 0. The summed E-state index contributed by atoms with van der Waals surface area (Å²) in [6.45, 7) is 0.294. The zero-order chi connectivity index (χ0) is 21.1. The van der Waals surface area contributed by atoms with Crippen LogP contribution in [0.1, 0.15) is 6.42 Å². The lowest BCUT2D eigenvalue weighted by molar-refractivity contribution is -0.122. The van der Waals surface area contributed by atoms with E-state index in [0.717, 1.165) is 5.56 Å². The van der Waals surface area contributed by atoms with E-state index in [9.17, 15) is 9.59 Å². The van der Waals surface area contributed by atoms with Gasteiger partial charge in [-0.15, -0.1) is 0 Å². The lowest BCUT2D eigenvalue weighted by atomic mass is 10.1. The Bertz CT molecular complexity index is 1060. The van der Waals surface area contributed by atoms with Crippen molar-refractivity contribution in [2.24, 2.45) is 5.92 Å². The zero-order valence-electron chi connectivity index (χ0n) is 16.6. The Morgan fingerprint density at radius 2 is 2.00 bits per heavy atom. The van der Waals surface area contributed by atoms with Gasteiger partial charge in [-0.25, -0.2) is 4.98 Å². The van der Waals surface area contributed by atoms with E-state index in [1.807, 2.05) is 12.1 Å². The molecule has 1 aliphatic heterocycles. The molecule has 154 valence electrons. The molecule has 2 heterocycles. The minimum atomic E-state index is -0.459. The highest BCUT2D eigenvalue weighted by Gasteiger charge is 2.35. The van der Waals surface area contributed by atoms with Crippen molar-refractivity contribution >= 4 is 23.2 Å². The molecule has 2 aromatic carbocycles. The van der Waals surface area contributed by atoms with Gasteiger partial charge in [0.1, 0.15) is 0 Å². The van der Waals surface area contributed by atoms with Gasteiger partial charge in [0.2, 0.25) is 11.8 Å². The maximum atomic E-state index is 12.8. The Hall–Kier alpha value is -3.81. The van der Waals surface area contributed by atoms with Crippen molar-refractivity contribution in [1.29, 1.82) is 0 Å². The van der Waals surface area contributed by atoms with Gasteiger partial charge in [-0.2, -0.15) is 0 Å². The molecule has 0 aliphatic carbocycles. The number of ether oxygens (including phenoxy) is 2. The second kappa shape index (κ2) is 8.28. The summed E-state index contributed by atoms with van der Waals surface area (Å²) in [6, 6.07) is 12.5. The van der Waals surface area contributed by atoms with Gasteiger partial charge in [-0.05, 0) is 24.3 Å². The van der Waals surface area contributed by atoms with Crippen LogP contribution in [0, 0.1) is 5.92 Å². The molecule has 0 unspecified atom stereocenters. The van der Waals surface area contributed by atoms with Crippen LogP contribution in [0.5, 0.6) is 11.5 Å². The van der Waals surface area contributed by atoms with Crippen LogP contribution in [-0.2, 0) is 9.59 Å². The SMILES string of the molecule is COc1ccc(N2C[C@H](C(=O)Nc3cccc(-c4cnco4)c3)CC2=O)cc1OC. The molecule has 3 aromatic rings. The Balaban J connectivity index is 1.47. The van der Waals surface area contributed by atoms with Crippen molar-refractivity contribution in [2.45, 2.75) is 6.42 Å². The number of carbonyl (C=O) groups excluding carboxylic acids is 2. The fourth-order valence-electron chi connectivity index (χ4n) is 3.48. The van der Waals surface area contributed by atoms with E-state index in [1.165, 1.54) is 13.5 Å². The molecule has 1 saturated heterocycles. The number of methoxy groups -OCH3 is 2. The molecule has 1 aromatic heterocycles. The van der Waals surface area contributed by atoms with Crippen LogP contribution >= 0.6 is 0 Å². The van der Waals surface area contributed by atoms with Gasteiger partial charge < -0.3 is 24.1 Å². The first kappa shape index (κ1) is 19.5. The van der Waals surface area contributed by atoms with Crippen molar-refractivity contribution in [3.8, 4) is 22.8 Å². The summed E-state index contributed by atoms with van der Waals surface area (Å²) in [5, 5.41) is 2.89. The van der Waals surface area contributed by atoms with Crippen molar-refractivity contribution in [1.82, 2.24) is 4.98 Å². The van der Waals surface area contributed by atoms with Gasteiger partial charge in [-0.1, -0.05) is 12.1 Å². The highest BCUT2D eigenvalue weighted by Crippen LogP contribution is 2.34. The third-order valence-electron chi connectivity index (χ3n) is 5.02.